The van der Waals surface area contributed by atoms with Crippen molar-refractivity contribution in [2.75, 3.05) is 12.0 Å². The summed E-state index contributed by atoms with van der Waals surface area (Å²) >= 11 is 0. The number of nitriles is 1. The molecule has 0 bridgehead atoms. The lowest BCUT2D eigenvalue weighted by Crippen LogP contribution is -2.23. The number of hydrogen-bond donors (Lipinski definition) is 3. The summed E-state index contributed by atoms with van der Waals surface area (Å²) in [5.41, 5.74) is 6.46. The minimum absolute atomic E-state index is 0.521. The second-order valence-corrected chi connectivity index (χ2v) is 3.03. The first kappa shape index (κ1) is 10.5. The Labute approximate surface area is 83.5 Å². The van der Waals surface area contributed by atoms with Crippen LogP contribution >= 0.6 is 0 Å². The molecule has 0 fully saturated rings. The van der Waals surface area contributed by atoms with Crippen LogP contribution in [0.4, 0.5) is 5.82 Å². The van der Waals surface area contributed by atoms with Crippen LogP contribution in [0.2, 0.25) is 0 Å². The Morgan fingerprint density at radius 2 is 2.43 bits per heavy atom. The zero-order chi connectivity index (χ0) is 10.2. The fourth-order valence-electron chi connectivity index (χ4n) is 1.08. The van der Waals surface area contributed by atoms with Crippen LogP contribution in [-0.2, 0) is 0 Å². The van der Waals surface area contributed by atoms with Gasteiger partial charge in [-0.3, -0.25) is 5.10 Å². The summed E-state index contributed by atoms with van der Waals surface area (Å²) in [6.07, 6.45) is 5.04. The quantitative estimate of drug-likeness (QED) is 0.471. The van der Waals surface area contributed by atoms with Crippen LogP contribution in [0.5, 0.6) is 0 Å². The molecule has 0 amide bonds. The van der Waals surface area contributed by atoms with Gasteiger partial charge in [-0.15, -0.1) is 0 Å². The average molecular weight is 193 g/mol. The number of aromatic nitrogens is 2. The Hall–Kier alpha value is -1.54. The van der Waals surface area contributed by atoms with Crippen molar-refractivity contribution in [1.82, 2.24) is 15.6 Å². The maximum atomic E-state index is 8.67. The molecule has 0 saturated heterocycles. The van der Waals surface area contributed by atoms with Crippen molar-refractivity contribution in [3.05, 3.63) is 11.8 Å². The molecule has 0 spiro atoms. The van der Waals surface area contributed by atoms with E-state index in [4.69, 9.17) is 5.26 Å². The third-order valence-corrected chi connectivity index (χ3v) is 1.88. The van der Waals surface area contributed by atoms with Gasteiger partial charge in [-0.1, -0.05) is 19.8 Å². The average Bonchev–Trinajstić information content (AvgIpc) is 2.65. The van der Waals surface area contributed by atoms with E-state index in [0.717, 1.165) is 13.0 Å². The largest absolute Gasteiger partial charge is 0.305 e. The smallest absolute Gasteiger partial charge is 0.154 e. The fourth-order valence-corrected chi connectivity index (χ4v) is 1.08. The summed E-state index contributed by atoms with van der Waals surface area (Å²) in [4.78, 5) is 0. The summed E-state index contributed by atoms with van der Waals surface area (Å²) < 4.78 is 0. The maximum Gasteiger partial charge on any atom is 0.154 e. The maximum absolute atomic E-state index is 8.67. The lowest BCUT2D eigenvalue weighted by molar-refractivity contribution is 0.660. The summed E-state index contributed by atoms with van der Waals surface area (Å²) in [5, 5.41) is 15.1. The summed E-state index contributed by atoms with van der Waals surface area (Å²) in [6, 6.07) is 2.03. The van der Waals surface area contributed by atoms with E-state index in [1.807, 2.05) is 6.07 Å². The van der Waals surface area contributed by atoms with Gasteiger partial charge in [0.15, 0.2) is 5.82 Å². The van der Waals surface area contributed by atoms with E-state index >= 15 is 0 Å². The fraction of sp³-hybridized carbons (Fsp3) is 0.556. The zero-order valence-electron chi connectivity index (χ0n) is 8.30. The summed E-state index contributed by atoms with van der Waals surface area (Å²) in [5.74, 6) is 0.629. The lowest BCUT2D eigenvalue weighted by Gasteiger charge is -2.05. The molecule has 76 valence electrons. The molecular weight excluding hydrogens is 178 g/mol. The van der Waals surface area contributed by atoms with E-state index in [9.17, 15) is 0 Å². The van der Waals surface area contributed by atoms with Crippen LogP contribution in [0.3, 0.4) is 0 Å². The third kappa shape index (κ3) is 3.07. The van der Waals surface area contributed by atoms with E-state index in [-0.39, 0.29) is 0 Å². The number of nitrogens with zero attached hydrogens (tertiary/aromatic N) is 2. The van der Waals surface area contributed by atoms with Crippen molar-refractivity contribution in [2.24, 2.45) is 0 Å². The predicted octanol–water partition coefficient (Wildman–Crippen LogP) is 1.39. The van der Waals surface area contributed by atoms with Gasteiger partial charge < -0.3 is 5.43 Å². The number of nitrogens with one attached hydrogen (secondary N) is 3. The molecule has 5 nitrogen and oxygen atoms in total. The van der Waals surface area contributed by atoms with E-state index in [1.165, 1.54) is 19.0 Å². The van der Waals surface area contributed by atoms with Crippen LogP contribution in [0.25, 0.3) is 0 Å². The number of rotatable bonds is 6. The molecule has 0 aliphatic carbocycles. The van der Waals surface area contributed by atoms with Gasteiger partial charge in [-0.2, -0.15) is 10.4 Å². The third-order valence-electron chi connectivity index (χ3n) is 1.88. The number of hydrazine groups is 1. The number of hydrogen-bond acceptors (Lipinski definition) is 4. The van der Waals surface area contributed by atoms with Crippen molar-refractivity contribution < 1.29 is 0 Å². The first-order valence-corrected chi connectivity index (χ1v) is 4.80. The van der Waals surface area contributed by atoms with Gasteiger partial charge in [0.2, 0.25) is 0 Å². The number of H-pyrrole nitrogens is 1. The molecule has 14 heavy (non-hydrogen) atoms. The monoisotopic (exact) mass is 193 g/mol. The Bertz CT molecular complexity index is 298. The standard InChI is InChI=1S/C9H15N5/c1-2-3-4-5-11-13-9-8(6-10)7-12-14-9/h7,11H,2-5H2,1H3,(H2,12,13,14). The molecule has 1 heterocycles. The van der Waals surface area contributed by atoms with E-state index in [1.54, 1.807) is 0 Å². The number of aromatic amines is 1. The zero-order valence-corrected chi connectivity index (χ0v) is 8.30. The van der Waals surface area contributed by atoms with E-state index in [2.05, 4.69) is 28.0 Å². The highest BCUT2D eigenvalue weighted by molar-refractivity contribution is 5.49. The molecule has 0 aliphatic rings. The lowest BCUT2D eigenvalue weighted by atomic mass is 10.2. The predicted molar refractivity (Wildman–Crippen MR) is 54.5 cm³/mol. The van der Waals surface area contributed by atoms with Crippen LogP contribution < -0.4 is 10.9 Å². The van der Waals surface area contributed by atoms with Crippen LogP contribution in [0.15, 0.2) is 6.20 Å². The normalized spacial score (nSPS) is 9.71. The number of anilines is 1. The van der Waals surface area contributed by atoms with Gasteiger partial charge in [-0.05, 0) is 6.42 Å². The molecule has 0 atom stereocenters. The molecule has 0 saturated carbocycles. The number of unbranched alkanes of at least 4 members (excludes halogenated alkanes) is 2. The van der Waals surface area contributed by atoms with Gasteiger partial charge >= 0.3 is 0 Å². The molecule has 0 unspecified atom stereocenters. The van der Waals surface area contributed by atoms with Crippen molar-refractivity contribution in [2.45, 2.75) is 26.2 Å². The van der Waals surface area contributed by atoms with Gasteiger partial charge in [0.25, 0.3) is 0 Å². The van der Waals surface area contributed by atoms with Gasteiger partial charge in [0, 0.05) is 6.54 Å². The molecule has 0 aromatic carbocycles. The van der Waals surface area contributed by atoms with Crippen LogP contribution in [0.1, 0.15) is 31.7 Å². The molecule has 5 heteroatoms. The van der Waals surface area contributed by atoms with Gasteiger partial charge in [0.1, 0.15) is 11.6 Å². The van der Waals surface area contributed by atoms with Crippen LogP contribution in [-0.4, -0.2) is 16.7 Å². The topological polar surface area (TPSA) is 76.5 Å². The Morgan fingerprint density at radius 3 is 3.14 bits per heavy atom. The van der Waals surface area contributed by atoms with Crippen molar-refractivity contribution in [1.29, 1.82) is 5.26 Å². The van der Waals surface area contributed by atoms with Gasteiger partial charge in [0.05, 0.1) is 6.20 Å². The van der Waals surface area contributed by atoms with Crippen LogP contribution in [0, 0.1) is 11.3 Å². The minimum atomic E-state index is 0.521. The molecule has 0 aliphatic heterocycles. The Balaban J connectivity index is 2.22. The molecule has 0 radical (unpaired) electrons. The van der Waals surface area contributed by atoms with Gasteiger partial charge in [-0.25, -0.2) is 5.43 Å². The molecule has 3 N–H and O–H groups in total. The highest BCUT2D eigenvalue weighted by Gasteiger charge is 2.01. The highest BCUT2D eigenvalue weighted by Crippen LogP contribution is 2.06. The Morgan fingerprint density at radius 1 is 1.57 bits per heavy atom. The second-order valence-electron chi connectivity index (χ2n) is 3.03. The molecule has 1 aromatic heterocycles. The Kier molecular flexibility index (Phi) is 4.51. The van der Waals surface area contributed by atoms with Crippen molar-refractivity contribution in [3.8, 4) is 6.07 Å². The molecule has 1 aromatic rings. The van der Waals surface area contributed by atoms with Crippen molar-refractivity contribution in [3.63, 3.8) is 0 Å². The second kappa shape index (κ2) is 6.00. The van der Waals surface area contributed by atoms with Crippen molar-refractivity contribution >= 4 is 5.82 Å². The van der Waals surface area contributed by atoms with E-state index < -0.39 is 0 Å². The summed E-state index contributed by atoms with van der Waals surface area (Å²) in [6.45, 7) is 3.05. The minimum Gasteiger partial charge on any atom is -0.305 e. The first-order valence-electron chi connectivity index (χ1n) is 4.80. The molecular formula is C9H15N5. The molecule has 1 rings (SSSR count). The van der Waals surface area contributed by atoms with E-state index in [0.29, 0.717) is 11.4 Å². The first-order chi connectivity index (χ1) is 6.88. The highest BCUT2D eigenvalue weighted by atomic mass is 15.4. The SMILES string of the molecule is CCCCCNNc1[nH]ncc1C#N. The summed E-state index contributed by atoms with van der Waals surface area (Å²) in [7, 11) is 0.